The summed E-state index contributed by atoms with van der Waals surface area (Å²) in [6.07, 6.45) is 3.19. The van der Waals surface area contributed by atoms with Gasteiger partial charge in [0.2, 0.25) is 0 Å². The number of hydrogen-bond acceptors (Lipinski definition) is 4. The smallest absolute Gasteiger partial charge is 0.339 e. The monoisotopic (exact) mass is 323 g/mol. The van der Waals surface area contributed by atoms with Gasteiger partial charge in [-0.15, -0.1) is 0 Å². The Kier molecular flexibility index (Phi) is 5.55. The van der Waals surface area contributed by atoms with E-state index in [1.807, 2.05) is 30.3 Å². The van der Waals surface area contributed by atoms with E-state index in [1.165, 1.54) is 0 Å². The predicted molar refractivity (Wildman–Crippen MR) is 89.4 cm³/mol. The maximum Gasteiger partial charge on any atom is 0.339 e. The Balaban J connectivity index is 2.23. The van der Waals surface area contributed by atoms with E-state index in [0.717, 1.165) is 0 Å². The van der Waals surface area contributed by atoms with Crippen LogP contribution in [0.4, 0.5) is 4.79 Å². The van der Waals surface area contributed by atoms with Crippen LogP contribution in [-0.2, 0) is 0 Å². The number of urea groups is 1. The molecule has 0 aliphatic heterocycles. The van der Waals surface area contributed by atoms with E-state index in [4.69, 9.17) is 10.5 Å². The number of hydrogen-bond donors (Lipinski definition) is 2. The molecule has 0 aliphatic carbocycles. The molecule has 1 atom stereocenters. The third kappa shape index (κ3) is 4.35. The lowest BCUT2D eigenvalue weighted by Gasteiger charge is -2.16. The van der Waals surface area contributed by atoms with E-state index in [1.54, 1.807) is 37.3 Å². The van der Waals surface area contributed by atoms with Crippen molar-refractivity contribution in [1.82, 2.24) is 5.06 Å². The summed E-state index contributed by atoms with van der Waals surface area (Å²) >= 11 is 0. The van der Waals surface area contributed by atoms with Gasteiger partial charge in [-0.3, -0.25) is 5.21 Å². The molecular formula is C18H17N3O3. The molecule has 24 heavy (non-hydrogen) atoms. The van der Waals surface area contributed by atoms with Crippen molar-refractivity contribution in [3.8, 4) is 17.6 Å². The number of nitriles is 1. The lowest BCUT2D eigenvalue weighted by molar-refractivity contribution is -0.0560. The van der Waals surface area contributed by atoms with Gasteiger partial charge in [-0.25, -0.2) is 4.79 Å². The number of nitrogens with zero attached hydrogens (tertiary/aromatic N) is 2. The molecule has 0 bridgehead atoms. The van der Waals surface area contributed by atoms with E-state index in [9.17, 15) is 15.3 Å². The largest absolute Gasteiger partial charge is 0.457 e. The zero-order chi connectivity index (χ0) is 17.5. The molecule has 0 aromatic heterocycles. The molecule has 0 saturated heterocycles. The maximum absolute atomic E-state index is 10.9. The lowest BCUT2D eigenvalue weighted by atomic mass is 10.1. The van der Waals surface area contributed by atoms with Crippen LogP contribution in [-0.4, -0.2) is 22.3 Å². The Hall–Kier alpha value is -3.30. The van der Waals surface area contributed by atoms with Crippen LogP contribution < -0.4 is 10.5 Å². The first-order valence-corrected chi connectivity index (χ1v) is 7.24. The number of carbonyl (C=O) groups is 1. The summed E-state index contributed by atoms with van der Waals surface area (Å²) in [4.78, 5) is 10.9. The van der Waals surface area contributed by atoms with Crippen molar-refractivity contribution in [3.05, 3.63) is 65.7 Å². The molecule has 3 N–H and O–H groups in total. The minimum atomic E-state index is -0.950. The van der Waals surface area contributed by atoms with Crippen LogP contribution in [0.25, 0.3) is 6.08 Å². The summed E-state index contributed by atoms with van der Waals surface area (Å²) in [7, 11) is 0. The Morgan fingerprint density at radius 2 is 2.00 bits per heavy atom. The second-order valence-corrected chi connectivity index (χ2v) is 5.06. The number of benzene rings is 2. The van der Waals surface area contributed by atoms with Crippen LogP contribution in [0, 0.1) is 11.3 Å². The van der Waals surface area contributed by atoms with Crippen molar-refractivity contribution in [2.75, 3.05) is 0 Å². The molecule has 122 valence electrons. The van der Waals surface area contributed by atoms with E-state index in [0.29, 0.717) is 27.7 Å². The second kappa shape index (κ2) is 7.81. The number of rotatable bonds is 5. The molecule has 0 saturated carbocycles. The number of hydroxylamine groups is 2. The molecule has 2 aromatic rings. The molecule has 2 rings (SSSR count). The van der Waals surface area contributed by atoms with E-state index in [2.05, 4.69) is 6.07 Å². The molecule has 6 nitrogen and oxygen atoms in total. The van der Waals surface area contributed by atoms with Gasteiger partial charge in [0.1, 0.15) is 11.5 Å². The third-order valence-corrected chi connectivity index (χ3v) is 3.29. The van der Waals surface area contributed by atoms with Crippen molar-refractivity contribution in [2.45, 2.75) is 13.0 Å². The first-order valence-electron chi connectivity index (χ1n) is 7.24. The van der Waals surface area contributed by atoms with Crippen LogP contribution in [0.5, 0.6) is 11.5 Å². The van der Waals surface area contributed by atoms with Gasteiger partial charge in [-0.1, -0.05) is 30.4 Å². The molecule has 0 spiro atoms. The number of nitrogens with two attached hydrogens (primary N) is 1. The topological polar surface area (TPSA) is 99.6 Å². The van der Waals surface area contributed by atoms with Crippen molar-refractivity contribution >= 4 is 12.1 Å². The summed E-state index contributed by atoms with van der Waals surface area (Å²) in [5.41, 5.74) is 6.06. The molecule has 1 unspecified atom stereocenters. The van der Waals surface area contributed by atoms with Crippen molar-refractivity contribution in [2.24, 2.45) is 5.73 Å². The Labute approximate surface area is 140 Å². The predicted octanol–water partition coefficient (Wildman–Crippen LogP) is 3.52. The number of carbonyl (C=O) groups excluding carboxylic acids is 1. The molecule has 2 aromatic carbocycles. The van der Waals surface area contributed by atoms with Crippen LogP contribution >= 0.6 is 0 Å². The summed E-state index contributed by atoms with van der Waals surface area (Å²) in [6, 6.07) is 14.8. The average Bonchev–Trinajstić information content (AvgIpc) is 2.60. The summed E-state index contributed by atoms with van der Waals surface area (Å²) < 4.78 is 5.73. The van der Waals surface area contributed by atoms with Crippen molar-refractivity contribution in [1.29, 1.82) is 5.26 Å². The summed E-state index contributed by atoms with van der Waals surface area (Å²) in [6.45, 7) is 1.59. The highest BCUT2D eigenvalue weighted by molar-refractivity contribution is 5.71. The number of ether oxygens (including phenoxy) is 1. The van der Waals surface area contributed by atoms with Gasteiger partial charge in [0, 0.05) is 0 Å². The fourth-order valence-corrected chi connectivity index (χ4v) is 1.99. The Morgan fingerprint density at radius 1 is 1.29 bits per heavy atom. The van der Waals surface area contributed by atoms with Crippen molar-refractivity contribution in [3.63, 3.8) is 0 Å². The third-order valence-electron chi connectivity index (χ3n) is 3.29. The number of primary amides is 1. The average molecular weight is 323 g/mol. The second-order valence-electron chi connectivity index (χ2n) is 5.06. The number of para-hydroxylation sites is 1. The van der Waals surface area contributed by atoms with Gasteiger partial charge >= 0.3 is 6.03 Å². The highest BCUT2D eigenvalue weighted by Crippen LogP contribution is 2.24. The van der Waals surface area contributed by atoms with Crippen molar-refractivity contribution < 1.29 is 14.7 Å². The molecule has 0 fully saturated rings. The van der Waals surface area contributed by atoms with Crippen LogP contribution in [0.2, 0.25) is 0 Å². The van der Waals surface area contributed by atoms with Gasteiger partial charge < -0.3 is 10.5 Å². The van der Waals surface area contributed by atoms with Crippen LogP contribution in [0.3, 0.4) is 0 Å². The molecule has 0 aliphatic rings. The standard InChI is InChI=1S/C18H17N3O3/c1-13(21(23)18(20)22)7-8-14-11-17(10-9-15(14)12-19)24-16-5-3-2-4-6-16/h2-11,13,23H,1H3,(H2,20,22)/b8-7+. The maximum atomic E-state index is 10.9. The minimum Gasteiger partial charge on any atom is -0.457 e. The van der Waals surface area contributed by atoms with Gasteiger partial charge in [0.15, 0.2) is 0 Å². The molecule has 0 heterocycles. The quantitative estimate of drug-likeness (QED) is 0.649. The first kappa shape index (κ1) is 17.1. The molecule has 6 heteroatoms. The molecular weight excluding hydrogens is 306 g/mol. The Morgan fingerprint density at radius 3 is 2.62 bits per heavy atom. The minimum absolute atomic E-state index is 0.410. The summed E-state index contributed by atoms with van der Waals surface area (Å²) in [5.74, 6) is 1.25. The molecule has 0 radical (unpaired) electrons. The van der Waals surface area contributed by atoms with E-state index in [-0.39, 0.29) is 0 Å². The Bertz CT molecular complexity index is 782. The summed E-state index contributed by atoms with van der Waals surface area (Å²) in [5, 5.41) is 19.1. The van der Waals surface area contributed by atoms with Gasteiger partial charge in [-0.2, -0.15) is 10.3 Å². The fourth-order valence-electron chi connectivity index (χ4n) is 1.99. The van der Waals surface area contributed by atoms with E-state index < -0.39 is 12.1 Å². The first-order chi connectivity index (χ1) is 11.5. The van der Waals surface area contributed by atoms with Gasteiger partial charge in [0.05, 0.1) is 17.7 Å². The highest BCUT2D eigenvalue weighted by Gasteiger charge is 2.12. The van der Waals surface area contributed by atoms with E-state index >= 15 is 0 Å². The lowest BCUT2D eigenvalue weighted by Crippen LogP contribution is -2.38. The number of amides is 2. The van der Waals surface area contributed by atoms with Crippen LogP contribution in [0.15, 0.2) is 54.6 Å². The fraction of sp³-hybridized carbons (Fsp3) is 0.111. The normalized spacial score (nSPS) is 11.7. The zero-order valence-electron chi connectivity index (χ0n) is 13.1. The van der Waals surface area contributed by atoms with Crippen LogP contribution in [0.1, 0.15) is 18.1 Å². The zero-order valence-corrected chi connectivity index (χ0v) is 13.1. The SMILES string of the molecule is CC(/C=C/c1cc(Oc2ccccc2)ccc1C#N)N(O)C(N)=O. The molecule has 2 amide bonds. The van der Waals surface area contributed by atoms with Gasteiger partial charge in [-0.05, 0) is 42.8 Å². The highest BCUT2D eigenvalue weighted by atomic mass is 16.5. The van der Waals surface area contributed by atoms with Gasteiger partial charge in [0.25, 0.3) is 0 Å².